The zero-order valence-corrected chi connectivity index (χ0v) is 24.3. The maximum atomic E-state index is 14.3. The zero-order valence-electron chi connectivity index (χ0n) is 22.8. The molecule has 1 N–H and O–H groups in total. The van der Waals surface area contributed by atoms with Crippen LogP contribution in [0.25, 0.3) is 10.8 Å². The molecule has 0 bridgehead atoms. The molecular weight excluding hydrogens is 578 g/mol. The first kappa shape index (κ1) is 27.2. The lowest BCUT2D eigenvalue weighted by molar-refractivity contribution is -0.140. The largest absolute Gasteiger partial charge is 0.352 e. The molecule has 0 radical (unpaired) electrons. The highest BCUT2D eigenvalue weighted by molar-refractivity contribution is 9.10. The second-order valence-electron chi connectivity index (χ2n) is 10.9. The Bertz CT molecular complexity index is 1590. The molecule has 2 aliphatic rings. The molecule has 6 rings (SSSR count). The molecule has 3 amide bonds. The number of nitrogens with zero attached hydrogens (tertiary/aromatic N) is 2. The lowest BCUT2D eigenvalue weighted by atomic mass is 10.0. The van der Waals surface area contributed by atoms with Crippen molar-refractivity contribution in [1.29, 1.82) is 0 Å². The van der Waals surface area contributed by atoms with Gasteiger partial charge in [-0.2, -0.15) is 0 Å². The number of halogens is 1. The Morgan fingerprint density at radius 1 is 0.902 bits per heavy atom. The number of hydrogen-bond donors (Lipinski definition) is 1. The highest BCUT2D eigenvalue weighted by atomic mass is 79.9. The van der Waals surface area contributed by atoms with Crippen LogP contribution >= 0.6 is 15.9 Å². The van der Waals surface area contributed by atoms with Crippen LogP contribution < -0.4 is 10.2 Å². The molecule has 6 nitrogen and oxygen atoms in total. The summed E-state index contributed by atoms with van der Waals surface area (Å²) in [4.78, 5) is 45.0. The van der Waals surface area contributed by atoms with Crippen molar-refractivity contribution in [2.75, 3.05) is 11.4 Å². The summed E-state index contributed by atoms with van der Waals surface area (Å²) < 4.78 is 0.897. The van der Waals surface area contributed by atoms with Gasteiger partial charge < -0.3 is 10.2 Å². The van der Waals surface area contributed by atoms with Crippen molar-refractivity contribution < 1.29 is 14.4 Å². The lowest BCUT2D eigenvalue weighted by Crippen LogP contribution is -2.54. The molecule has 0 spiro atoms. The summed E-state index contributed by atoms with van der Waals surface area (Å²) in [5, 5.41) is 5.07. The molecule has 1 atom stereocenters. The molecule has 1 aliphatic carbocycles. The summed E-state index contributed by atoms with van der Waals surface area (Å²) in [6, 6.07) is 28.4. The van der Waals surface area contributed by atoms with Crippen molar-refractivity contribution in [1.82, 2.24) is 10.2 Å². The van der Waals surface area contributed by atoms with Gasteiger partial charge in [-0.3, -0.25) is 19.3 Å². The van der Waals surface area contributed by atoms with E-state index in [0.717, 1.165) is 57.7 Å². The first-order chi connectivity index (χ1) is 20.0. The normalized spacial score (nSPS) is 15.3. The van der Waals surface area contributed by atoms with E-state index in [9.17, 15) is 14.4 Å². The molecule has 1 heterocycles. The topological polar surface area (TPSA) is 69.7 Å². The Morgan fingerprint density at radius 2 is 1.61 bits per heavy atom. The van der Waals surface area contributed by atoms with Gasteiger partial charge in [0.2, 0.25) is 11.8 Å². The SMILES string of the molecule is O=C(NC1CCCC1)[C@@H](Cc1ccccc1)N(Cc1cccc(Br)c1)C(=O)CN1C(=O)c2cccc3cccc1c23. The van der Waals surface area contributed by atoms with Crippen molar-refractivity contribution in [3.8, 4) is 0 Å². The molecule has 0 aromatic heterocycles. The fourth-order valence-corrected chi connectivity index (χ4v) is 6.56. The second kappa shape index (κ2) is 11.9. The predicted molar refractivity (Wildman–Crippen MR) is 165 cm³/mol. The Labute approximate surface area is 248 Å². The molecule has 1 fully saturated rings. The average molecular weight is 611 g/mol. The van der Waals surface area contributed by atoms with Crippen LogP contribution in [0.1, 0.15) is 47.2 Å². The molecule has 4 aromatic carbocycles. The Morgan fingerprint density at radius 3 is 2.37 bits per heavy atom. The van der Waals surface area contributed by atoms with E-state index in [1.165, 1.54) is 0 Å². The van der Waals surface area contributed by atoms with Crippen LogP contribution in [0.5, 0.6) is 0 Å². The number of nitrogens with one attached hydrogen (secondary N) is 1. The summed E-state index contributed by atoms with van der Waals surface area (Å²) in [5.41, 5.74) is 3.20. The van der Waals surface area contributed by atoms with Gasteiger partial charge >= 0.3 is 0 Å². The number of anilines is 1. The number of rotatable bonds is 9. The maximum Gasteiger partial charge on any atom is 0.259 e. The first-order valence-electron chi connectivity index (χ1n) is 14.2. The highest BCUT2D eigenvalue weighted by Gasteiger charge is 2.36. The minimum atomic E-state index is -0.736. The third-order valence-corrected chi connectivity index (χ3v) is 8.65. The third kappa shape index (κ3) is 5.77. The van der Waals surface area contributed by atoms with Gasteiger partial charge in [-0.05, 0) is 53.6 Å². The molecule has 1 aliphatic heterocycles. The summed E-state index contributed by atoms with van der Waals surface area (Å²) >= 11 is 3.54. The average Bonchev–Trinajstić information content (AvgIpc) is 3.59. The van der Waals surface area contributed by atoms with E-state index in [2.05, 4.69) is 21.2 Å². The van der Waals surface area contributed by atoms with Gasteiger partial charge in [-0.15, -0.1) is 0 Å². The molecule has 1 saturated carbocycles. The van der Waals surface area contributed by atoms with Gasteiger partial charge in [0.05, 0.1) is 5.69 Å². The van der Waals surface area contributed by atoms with Crippen LogP contribution in [-0.2, 0) is 22.6 Å². The van der Waals surface area contributed by atoms with Gasteiger partial charge in [0.15, 0.2) is 0 Å². The molecule has 0 unspecified atom stereocenters. The Balaban J connectivity index is 1.35. The third-order valence-electron chi connectivity index (χ3n) is 8.16. The van der Waals surface area contributed by atoms with E-state index in [1.807, 2.05) is 91.0 Å². The summed E-state index contributed by atoms with van der Waals surface area (Å²) in [6.45, 7) is 0.0929. The molecule has 7 heteroatoms. The van der Waals surface area contributed by atoms with E-state index < -0.39 is 6.04 Å². The monoisotopic (exact) mass is 609 g/mol. The number of amides is 3. The van der Waals surface area contributed by atoms with Gasteiger partial charge in [-0.25, -0.2) is 0 Å². The van der Waals surface area contributed by atoms with E-state index >= 15 is 0 Å². The summed E-state index contributed by atoms with van der Waals surface area (Å²) in [6.07, 6.45) is 4.47. The summed E-state index contributed by atoms with van der Waals surface area (Å²) in [7, 11) is 0. The molecule has 4 aromatic rings. The minimum Gasteiger partial charge on any atom is -0.352 e. The Kier molecular flexibility index (Phi) is 7.88. The van der Waals surface area contributed by atoms with Gasteiger partial charge in [0.1, 0.15) is 12.6 Å². The van der Waals surface area contributed by atoms with Crippen LogP contribution in [-0.4, -0.2) is 41.2 Å². The summed E-state index contributed by atoms with van der Waals surface area (Å²) in [5.74, 6) is -0.615. The van der Waals surface area contributed by atoms with E-state index in [1.54, 1.807) is 9.80 Å². The van der Waals surface area contributed by atoms with Crippen molar-refractivity contribution in [2.24, 2.45) is 0 Å². The second-order valence-corrected chi connectivity index (χ2v) is 11.8. The maximum absolute atomic E-state index is 14.3. The number of hydrogen-bond acceptors (Lipinski definition) is 3. The van der Waals surface area contributed by atoms with Crippen LogP contribution in [0, 0.1) is 0 Å². The van der Waals surface area contributed by atoms with Crippen molar-refractivity contribution in [3.63, 3.8) is 0 Å². The van der Waals surface area contributed by atoms with Gasteiger partial charge in [0.25, 0.3) is 5.91 Å². The van der Waals surface area contributed by atoms with Crippen LogP contribution in [0.3, 0.4) is 0 Å². The first-order valence-corrected chi connectivity index (χ1v) is 15.0. The fraction of sp³-hybridized carbons (Fsp3) is 0.265. The van der Waals surface area contributed by atoms with Crippen molar-refractivity contribution in [2.45, 2.75) is 50.7 Å². The van der Waals surface area contributed by atoms with E-state index in [-0.39, 0.29) is 36.9 Å². The molecule has 208 valence electrons. The van der Waals surface area contributed by atoms with Crippen molar-refractivity contribution >= 4 is 50.1 Å². The van der Waals surface area contributed by atoms with Crippen molar-refractivity contribution in [3.05, 3.63) is 112 Å². The fourth-order valence-electron chi connectivity index (χ4n) is 6.12. The van der Waals surface area contributed by atoms with Crippen LogP contribution in [0.15, 0.2) is 95.5 Å². The molecule has 0 saturated heterocycles. The smallest absolute Gasteiger partial charge is 0.259 e. The number of carbonyl (C=O) groups is 3. The minimum absolute atomic E-state index is 0.121. The lowest BCUT2D eigenvalue weighted by Gasteiger charge is -2.33. The predicted octanol–water partition coefficient (Wildman–Crippen LogP) is 6.26. The quantitative estimate of drug-likeness (QED) is 0.243. The van der Waals surface area contributed by atoms with E-state index in [4.69, 9.17) is 0 Å². The number of carbonyl (C=O) groups excluding carboxylic acids is 3. The van der Waals surface area contributed by atoms with E-state index in [0.29, 0.717) is 12.0 Å². The van der Waals surface area contributed by atoms with Crippen LogP contribution in [0.2, 0.25) is 0 Å². The standard InChI is InChI=1S/C34H32BrN3O3/c35-26-14-6-11-24(19-26)21-37(30(20-23-9-2-1-3-10-23)33(40)36-27-15-4-5-16-27)31(39)22-38-29-18-8-13-25-12-7-17-28(32(25)29)34(38)41/h1-3,6-14,17-19,27,30H,4-5,15-16,20-22H2,(H,36,40)/t30-/m1/s1. The Hall–Kier alpha value is -3.97. The molecule has 41 heavy (non-hydrogen) atoms. The zero-order chi connectivity index (χ0) is 28.3. The number of benzene rings is 4. The highest BCUT2D eigenvalue weighted by Crippen LogP contribution is 2.37. The van der Waals surface area contributed by atoms with Crippen LogP contribution in [0.4, 0.5) is 5.69 Å². The van der Waals surface area contributed by atoms with Gasteiger partial charge in [0, 0.05) is 34.4 Å². The van der Waals surface area contributed by atoms with Gasteiger partial charge in [-0.1, -0.05) is 95.5 Å². The molecular formula is C34H32BrN3O3.